The summed E-state index contributed by atoms with van der Waals surface area (Å²) < 4.78 is 0.918. The fraction of sp³-hybridized carbons (Fsp3) is 0.200. The SMILES string of the molecule is [CH2]Cc1nc(Br)cs1. The molecule has 0 spiro atoms. The Labute approximate surface area is 60.9 Å². The monoisotopic (exact) mass is 190 g/mol. The number of thiazole rings is 1. The first-order chi connectivity index (χ1) is 3.83. The van der Waals surface area contributed by atoms with Crippen LogP contribution in [0.2, 0.25) is 0 Å². The van der Waals surface area contributed by atoms with Gasteiger partial charge in [-0.1, -0.05) is 0 Å². The van der Waals surface area contributed by atoms with E-state index in [1.807, 2.05) is 5.38 Å². The van der Waals surface area contributed by atoms with Crippen LogP contribution in [0.3, 0.4) is 0 Å². The molecule has 0 aliphatic heterocycles. The summed E-state index contributed by atoms with van der Waals surface area (Å²) in [4.78, 5) is 4.10. The van der Waals surface area contributed by atoms with Crippen LogP contribution < -0.4 is 0 Å². The van der Waals surface area contributed by atoms with Gasteiger partial charge in [-0.2, -0.15) is 0 Å². The van der Waals surface area contributed by atoms with Crippen molar-refractivity contribution in [1.29, 1.82) is 0 Å². The van der Waals surface area contributed by atoms with E-state index in [2.05, 4.69) is 27.8 Å². The minimum atomic E-state index is 0.788. The Morgan fingerprint density at radius 1 is 1.88 bits per heavy atom. The van der Waals surface area contributed by atoms with Crippen LogP contribution in [0.1, 0.15) is 5.01 Å². The molecule has 1 heterocycles. The molecule has 0 bridgehead atoms. The van der Waals surface area contributed by atoms with Crippen LogP contribution in [0.25, 0.3) is 0 Å². The van der Waals surface area contributed by atoms with Crippen LogP contribution in [-0.4, -0.2) is 4.98 Å². The minimum absolute atomic E-state index is 0.788. The molecule has 8 heavy (non-hydrogen) atoms. The fourth-order valence-corrected chi connectivity index (χ4v) is 1.57. The molecule has 0 N–H and O–H groups in total. The van der Waals surface area contributed by atoms with Gasteiger partial charge in [-0.15, -0.1) is 11.3 Å². The summed E-state index contributed by atoms with van der Waals surface area (Å²) in [5.41, 5.74) is 0. The number of nitrogens with zero attached hydrogens (tertiary/aromatic N) is 1. The van der Waals surface area contributed by atoms with Crippen molar-refractivity contribution in [3.63, 3.8) is 0 Å². The van der Waals surface area contributed by atoms with Gasteiger partial charge in [0.15, 0.2) is 0 Å². The molecule has 0 amide bonds. The molecule has 1 rings (SSSR count). The first-order valence-electron chi connectivity index (χ1n) is 2.22. The molecule has 1 radical (unpaired) electrons. The molecule has 0 unspecified atom stereocenters. The van der Waals surface area contributed by atoms with Gasteiger partial charge < -0.3 is 0 Å². The maximum Gasteiger partial charge on any atom is 0.117 e. The zero-order chi connectivity index (χ0) is 5.98. The number of hydrogen-bond donors (Lipinski definition) is 0. The summed E-state index contributed by atoms with van der Waals surface area (Å²) in [5, 5.41) is 3.04. The normalized spacial score (nSPS) is 9.75. The second-order valence-electron chi connectivity index (χ2n) is 1.31. The van der Waals surface area contributed by atoms with Crippen LogP contribution in [0.5, 0.6) is 0 Å². The lowest BCUT2D eigenvalue weighted by Gasteiger charge is -1.78. The van der Waals surface area contributed by atoms with E-state index in [0.717, 1.165) is 16.0 Å². The van der Waals surface area contributed by atoms with E-state index in [0.29, 0.717) is 0 Å². The third-order valence-electron chi connectivity index (χ3n) is 0.738. The van der Waals surface area contributed by atoms with Gasteiger partial charge in [-0.05, 0) is 29.3 Å². The molecule has 3 heteroatoms. The number of halogens is 1. The van der Waals surface area contributed by atoms with Gasteiger partial charge in [0.2, 0.25) is 0 Å². The molecular formula is C5H5BrNS. The van der Waals surface area contributed by atoms with Gasteiger partial charge in [-0.25, -0.2) is 4.98 Å². The standard InChI is InChI=1S/C5H5BrNS/c1-2-5-7-4(6)3-8-5/h3H,1-2H2. The number of aromatic nitrogens is 1. The Morgan fingerprint density at radius 2 is 2.62 bits per heavy atom. The van der Waals surface area contributed by atoms with Crippen LogP contribution in [-0.2, 0) is 6.42 Å². The van der Waals surface area contributed by atoms with Gasteiger partial charge >= 0.3 is 0 Å². The Bertz CT molecular complexity index is 173. The van der Waals surface area contributed by atoms with Gasteiger partial charge in [0.25, 0.3) is 0 Å². The zero-order valence-corrected chi connectivity index (χ0v) is 6.63. The van der Waals surface area contributed by atoms with Crippen molar-refractivity contribution in [2.24, 2.45) is 0 Å². The molecule has 0 aromatic carbocycles. The summed E-state index contributed by atoms with van der Waals surface area (Å²) >= 11 is 4.87. The molecule has 1 aromatic heterocycles. The number of hydrogen-bond acceptors (Lipinski definition) is 2. The topological polar surface area (TPSA) is 12.9 Å². The van der Waals surface area contributed by atoms with Gasteiger partial charge in [0.1, 0.15) is 4.60 Å². The molecule has 0 saturated carbocycles. The highest BCUT2D eigenvalue weighted by atomic mass is 79.9. The van der Waals surface area contributed by atoms with Crippen molar-refractivity contribution in [2.75, 3.05) is 0 Å². The van der Waals surface area contributed by atoms with E-state index in [4.69, 9.17) is 0 Å². The quantitative estimate of drug-likeness (QED) is 0.663. The van der Waals surface area contributed by atoms with Gasteiger partial charge in [0, 0.05) is 5.38 Å². The third-order valence-corrected chi connectivity index (χ3v) is 2.36. The summed E-state index contributed by atoms with van der Waals surface area (Å²) in [5.74, 6) is 0. The molecule has 1 nitrogen and oxygen atoms in total. The third kappa shape index (κ3) is 1.29. The molecule has 0 aliphatic rings. The molecule has 0 saturated heterocycles. The van der Waals surface area contributed by atoms with Crippen molar-refractivity contribution >= 4 is 27.3 Å². The molecular weight excluding hydrogens is 186 g/mol. The second kappa shape index (κ2) is 2.60. The predicted molar refractivity (Wildman–Crippen MR) is 38.9 cm³/mol. The highest BCUT2D eigenvalue weighted by Crippen LogP contribution is 2.14. The minimum Gasteiger partial charge on any atom is -0.234 e. The van der Waals surface area contributed by atoms with E-state index in [9.17, 15) is 0 Å². The zero-order valence-electron chi connectivity index (χ0n) is 4.22. The number of rotatable bonds is 1. The Hall–Kier alpha value is 0.110. The van der Waals surface area contributed by atoms with Crippen molar-refractivity contribution < 1.29 is 0 Å². The smallest absolute Gasteiger partial charge is 0.117 e. The molecule has 0 atom stereocenters. The maximum absolute atomic E-state index is 4.10. The highest BCUT2D eigenvalue weighted by Gasteiger charge is 1.92. The van der Waals surface area contributed by atoms with E-state index < -0.39 is 0 Å². The summed E-state index contributed by atoms with van der Waals surface area (Å²) in [6.45, 7) is 3.70. The first-order valence-corrected chi connectivity index (χ1v) is 3.89. The summed E-state index contributed by atoms with van der Waals surface area (Å²) in [6, 6.07) is 0. The maximum atomic E-state index is 4.10. The van der Waals surface area contributed by atoms with Crippen molar-refractivity contribution in [2.45, 2.75) is 6.42 Å². The Morgan fingerprint density at radius 3 is 2.88 bits per heavy atom. The largest absolute Gasteiger partial charge is 0.234 e. The molecule has 0 aliphatic carbocycles. The average Bonchev–Trinajstić information content (AvgIpc) is 2.14. The summed E-state index contributed by atoms with van der Waals surface area (Å²) in [7, 11) is 0. The predicted octanol–water partition coefficient (Wildman–Crippen LogP) is 2.28. The Balaban J connectivity index is 2.84. The molecule has 1 aromatic rings. The average molecular weight is 191 g/mol. The first kappa shape index (κ1) is 6.23. The molecule has 43 valence electrons. The molecule has 0 fully saturated rings. The summed E-state index contributed by atoms with van der Waals surface area (Å²) in [6.07, 6.45) is 0.788. The lowest BCUT2D eigenvalue weighted by molar-refractivity contribution is 1.17. The van der Waals surface area contributed by atoms with Crippen LogP contribution in [0, 0.1) is 6.92 Å². The van der Waals surface area contributed by atoms with Crippen LogP contribution >= 0.6 is 27.3 Å². The van der Waals surface area contributed by atoms with Gasteiger partial charge in [0.05, 0.1) is 5.01 Å². The van der Waals surface area contributed by atoms with Crippen LogP contribution in [0.4, 0.5) is 0 Å². The second-order valence-corrected chi connectivity index (χ2v) is 3.07. The van der Waals surface area contributed by atoms with Crippen molar-refractivity contribution in [1.82, 2.24) is 4.98 Å². The van der Waals surface area contributed by atoms with E-state index in [-0.39, 0.29) is 0 Å². The van der Waals surface area contributed by atoms with Gasteiger partial charge in [-0.3, -0.25) is 0 Å². The van der Waals surface area contributed by atoms with Crippen molar-refractivity contribution in [3.8, 4) is 0 Å². The van der Waals surface area contributed by atoms with E-state index in [1.165, 1.54) is 0 Å². The fourth-order valence-electron chi connectivity index (χ4n) is 0.403. The lowest BCUT2D eigenvalue weighted by atomic mass is 10.5. The lowest BCUT2D eigenvalue weighted by Crippen LogP contribution is -1.73. The Kier molecular flexibility index (Phi) is 2.02. The van der Waals surface area contributed by atoms with E-state index >= 15 is 0 Å². The van der Waals surface area contributed by atoms with E-state index in [1.54, 1.807) is 11.3 Å². The highest BCUT2D eigenvalue weighted by molar-refractivity contribution is 9.10. The van der Waals surface area contributed by atoms with Crippen molar-refractivity contribution in [3.05, 3.63) is 21.9 Å². The van der Waals surface area contributed by atoms with Crippen LogP contribution in [0.15, 0.2) is 9.98 Å².